The number of alkyl carbamates (subject to hydrolysis) is 1. The molecule has 2 aliphatic rings. The summed E-state index contributed by atoms with van der Waals surface area (Å²) in [7, 11) is 1.60. The lowest BCUT2D eigenvalue weighted by Crippen LogP contribution is -2.47. The number of ether oxygens (including phenoxy) is 2. The zero-order valence-electron chi connectivity index (χ0n) is 17.1. The van der Waals surface area contributed by atoms with Crippen LogP contribution >= 0.6 is 0 Å². The van der Waals surface area contributed by atoms with Gasteiger partial charge in [0.2, 0.25) is 5.88 Å². The van der Waals surface area contributed by atoms with E-state index in [1.54, 1.807) is 7.11 Å². The van der Waals surface area contributed by atoms with Crippen LogP contribution in [-0.2, 0) is 11.3 Å². The molecule has 29 heavy (non-hydrogen) atoms. The van der Waals surface area contributed by atoms with Gasteiger partial charge in [-0.3, -0.25) is 0 Å². The summed E-state index contributed by atoms with van der Waals surface area (Å²) in [4.78, 5) is 17.3. The Morgan fingerprint density at radius 3 is 2.66 bits per heavy atom. The molecule has 2 N–H and O–H groups in total. The minimum atomic E-state index is -0.423. The molecule has 0 spiro atoms. The molecule has 2 unspecified atom stereocenters. The molecule has 3 atom stereocenters. The Kier molecular flexibility index (Phi) is 5.88. The van der Waals surface area contributed by atoms with Gasteiger partial charge in [0, 0.05) is 18.0 Å². The minimum absolute atomic E-state index is 0.189. The molecular formula is C23H29N3O3. The van der Waals surface area contributed by atoms with E-state index < -0.39 is 6.09 Å². The van der Waals surface area contributed by atoms with Crippen molar-refractivity contribution in [3.05, 3.63) is 53.7 Å². The third-order valence-electron chi connectivity index (χ3n) is 6.21. The third-order valence-corrected chi connectivity index (χ3v) is 6.21. The van der Waals surface area contributed by atoms with Gasteiger partial charge in [-0.25, -0.2) is 9.78 Å². The van der Waals surface area contributed by atoms with Crippen LogP contribution in [0.2, 0.25) is 0 Å². The first-order chi connectivity index (χ1) is 14.2. The number of nitrogens with zero attached hydrogens (tertiary/aromatic N) is 1. The molecule has 0 radical (unpaired) electrons. The summed E-state index contributed by atoms with van der Waals surface area (Å²) in [5.41, 5.74) is 2.74. The molecule has 2 aromatic rings. The zero-order valence-corrected chi connectivity index (χ0v) is 17.1. The highest BCUT2D eigenvalue weighted by Gasteiger charge is 2.40. The highest BCUT2D eigenvalue weighted by atomic mass is 16.5. The van der Waals surface area contributed by atoms with Crippen molar-refractivity contribution in [1.29, 1.82) is 0 Å². The number of amides is 1. The van der Waals surface area contributed by atoms with Gasteiger partial charge < -0.3 is 20.1 Å². The van der Waals surface area contributed by atoms with Gasteiger partial charge in [-0.15, -0.1) is 0 Å². The number of pyridine rings is 1. The van der Waals surface area contributed by atoms with E-state index in [9.17, 15) is 4.79 Å². The number of anilines is 1. The Morgan fingerprint density at radius 2 is 1.93 bits per heavy atom. The number of carbonyl (C=O) groups is 1. The first kappa shape index (κ1) is 19.6. The molecule has 1 saturated carbocycles. The van der Waals surface area contributed by atoms with Gasteiger partial charge in [0.25, 0.3) is 0 Å². The summed E-state index contributed by atoms with van der Waals surface area (Å²) < 4.78 is 10.8. The predicted molar refractivity (Wildman–Crippen MR) is 112 cm³/mol. The van der Waals surface area contributed by atoms with Crippen molar-refractivity contribution in [2.45, 2.75) is 51.3 Å². The number of rotatable bonds is 5. The van der Waals surface area contributed by atoms with Crippen LogP contribution in [0.1, 0.15) is 49.9 Å². The summed E-state index contributed by atoms with van der Waals surface area (Å²) in [5.74, 6) is 1.35. The number of carbonyl (C=O) groups excluding carboxylic acids is 1. The number of nitrogens with one attached hydrogen (secondary N) is 2. The van der Waals surface area contributed by atoms with Crippen molar-refractivity contribution in [2.75, 3.05) is 12.4 Å². The van der Waals surface area contributed by atoms with Crippen LogP contribution in [0.15, 0.2) is 42.5 Å². The van der Waals surface area contributed by atoms with Crippen LogP contribution in [0.25, 0.3) is 0 Å². The molecular weight excluding hydrogens is 366 g/mol. The molecule has 1 aromatic heterocycles. The van der Waals surface area contributed by atoms with E-state index in [0.717, 1.165) is 16.9 Å². The standard InChI is InChI=1S/C23H29N3O3/c1-15-20(17-10-6-7-11-17)24-18-12-13-19(28-2)25-22(18)21(15)26-23(27)29-14-16-8-4-3-5-9-16/h3-5,8-9,12-13,15,17,20-21,24H,6-7,10-11,14H2,1-2H3,(H,26,27)/t15-,20?,21?/m0/s1. The van der Waals surface area contributed by atoms with Crippen molar-refractivity contribution in [2.24, 2.45) is 11.8 Å². The molecule has 6 heteroatoms. The largest absolute Gasteiger partial charge is 0.481 e. The van der Waals surface area contributed by atoms with Crippen LogP contribution in [0.5, 0.6) is 5.88 Å². The second-order valence-electron chi connectivity index (χ2n) is 8.04. The van der Waals surface area contributed by atoms with E-state index in [0.29, 0.717) is 17.8 Å². The van der Waals surface area contributed by atoms with E-state index in [2.05, 4.69) is 22.5 Å². The fraction of sp³-hybridized carbons (Fsp3) is 0.478. The second kappa shape index (κ2) is 8.72. The monoisotopic (exact) mass is 395 g/mol. The van der Waals surface area contributed by atoms with Crippen LogP contribution in [0.4, 0.5) is 10.5 Å². The van der Waals surface area contributed by atoms with Gasteiger partial charge in [-0.05, 0) is 30.4 Å². The molecule has 154 valence electrons. The summed E-state index contributed by atoms with van der Waals surface area (Å²) >= 11 is 0. The highest BCUT2D eigenvalue weighted by Crippen LogP contribution is 2.42. The Morgan fingerprint density at radius 1 is 1.17 bits per heavy atom. The smallest absolute Gasteiger partial charge is 0.408 e. The average Bonchev–Trinajstić information content (AvgIpc) is 3.29. The maximum absolute atomic E-state index is 12.6. The number of hydrogen-bond acceptors (Lipinski definition) is 5. The van der Waals surface area contributed by atoms with Crippen molar-refractivity contribution in [1.82, 2.24) is 10.3 Å². The van der Waals surface area contributed by atoms with Crippen LogP contribution in [-0.4, -0.2) is 24.2 Å². The maximum Gasteiger partial charge on any atom is 0.408 e. The Bertz CT molecular complexity index is 837. The molecule has 1 aliphatic carbocycles. The normalized spacial score (nSPS) is 23.7. The number of hydrogen-bond donors (Lipinski definition) is 2. The van der Waals surface area contributed by atoms with Crippen molar-refractivity contribution < 1.29 is 14.3 Å². The van der Waals surface area contributed by atoms with E-state index in [4.69, 9.17) is 9.47 Å². The van der Waals surface area contributed by atoms with Crippen molar-refractivity contribution in [3.8, 4) is 5.88 Å². The van der Waals surface area contributed by atoms with Gasteiger partial charge in [-0.1, -0.05) is 50.1 Å². The summed E-state index contributed by atoms with van der Waals surface area (Å²) in [6.07, 6.45) is 4.59. The number of methoxy groups -OCH3 is 1. The van der Waals surface area contributed by atoms with Gasteiger partial charge >= 0.3 is 6.09 Å². The number of aromatic nitrogens is 1. The van der Waals surface area contributed by atoms with E-state index in [1.807, 2.05) is 42.5 Å². The van der Waals surface area contributed by atoms with E-state index in [-0.39, 0.29) is 18.6 Å². The van der Waals surface area contributed by atoms with Crippen molar-refractivity contribution in [3.63, 3.8) is 0 Å². The lowest BCUT2D eigenvalue weighted by Gasteiger charge is -2.41. The fourth-order valence-electron chi connectivity index (χ4n) is 4.65. The molecule has 0 saturated heterocycles. The maximum atomic E-state index is 12.6. The van der Waals surface area contributed by atoms with Crippen molar-refractivity contribution >= 4 is 11.8 Å². The van der Waals surface area contributed by atoms with Crippen LogP contribution < -0.4 is 15.4 Å². The zero-order chi connectivity index (χ0) is 20.2. The fourth-order valence-corrected chi connectivity index (χ4v) is 4.65. The highest BCUT2D eigenvalue weighted by molar-refractivity contribution is 5.69. The van der Waals surface area contributed by atoms with Gasteiger partial charge in [-0.2, -0.15) is 0 Å². The Hall–Kier alpha value is -2.76. The minimum Gasteiger partial charge on any atom is -0.481 e. The molecule has 1 fully saturated rings. The molecule has 1 amide bonds. The predicted octanol–water partition coefficient (Wildman–Crippen LogP) is 4.68. The van der Waals surface area contributed by atoms with Gasteiger partial charge in [0.15, 0.2) is 0 Å². The molecule has 1 aromatic carbocycles. The van der Waals surface area contributed by atoms with Gasteiger partial charge in [0.1, 0.15) is 6.61 Å². The quantitative estimate of drug-likeness (QED) is 0.769. The number of fused-ring (bicyclic) bond motifs is 1. The van der Waals surface area contributed by atoms with Crippen LogP contribution in [0, 0.1) is 11.8 Å². The third kappa shape index (κ3) is 4.31. The topological polar surface area (TPSA) is 72.5 Å². The summed E-state index contributed by atoms with van der Waals surface area (Å²) in [6.45, 7) is 2.43. The van der Waals surface area contributed by atoms with Crippen LogP contribution in [0.3, 0.4) is 0 Å². The Balaban J connectivity index is 1.53. The lowest BCUT2D eigenvalue weighted by molar-refractivity contribution is 0.128. The molecule has 0 bridgehead atoms. The molecule has 4 rings (SSSR count). The van der Waals surface area contributed by atoms with E-state index in [1.165, 1.54) is 25.7 Å². The average molecular weight is 396 g/mol. The van der Waals surface area contributed by atoms with E-state index >= 15 is 0 Å². The Labute approximate surface area is 172 Å². The molecule has 6 nitrogen and oxygen atoms in total. The SMILES string of the molecule is COc1ccc2c(n1)C(NC(=O)OCc1ccccc1)[C@@H](C)C(C1CCCC1)N2. The molecule has 1 aliphatic heterocycles. The summed E-state index contributed by atoms with van der Waals surface area (Å²) in [5, 5.41) is 6.77. The lowest BCUT2D eigenvalue weighted by atomic mass is 9.79. The number of benzene rings is 1. The van der Waals surface area contributed by atoms with Gasteiger partial charge in [0.05, 0.1) is 24.5 Å². The first-order valence-electron chi connectivity index (χ1n) is 10.4. The second-order valence-corrected chi connectivity index (χ2v) is 8.04. The first-order valence-corrected chi connectivity index (χ1v) is 10.4. The summed E-state index contributed by atoms with van der Waals surface area (Å²) in [6, 6.07) is 13.6. The molecule has 2 heterocycles.